The zero-order chi connectivity index (χ0) is 27.8. The van der Waals surface area contributed by atoms with Gasteiger partial charge < -0.3 is 24.8 Å². The van der Waals surface area contributed by atoms with Crippen molar-refractivity contribution in [2.45, 2.75) is 41.0 Å². The van der Waals surface area contributed by atoms with Gasteiger partial charge in [0.1, 0.15) is 0 Å². The molecular weight excluding hydrogens is 619 g/mol. The van der Waals surface area contributed by atoms with Crippen molar-refractivity contribution in [1.29, 1.82) is 0 Å². The number of fused-ring (bicyclic) bond motifs is 3. The summed E-state index contributed by atoms with van der Waals surface area (Å²) in [5.74, 6) is 0.522. The smallest absolute Gasteiger partial charge is 0.0771 e. The molecule has 0 amide bonds. The maximum atomic E-state index is 3.48. The van der Waals surface area contributed by atoms with Crippen molar-refractivity contribution in [2.75, 3.05) is 0 Å². The predicted molar refractivity (Wildman–Crippen MR) is 167 cm³/mol. The van der Waals surface area contributed by atoms with Crippen LogP contribution in [0.3, 0.4) is 0 Å². The van der Waals surface area contributed by atoms with Gasteiger partial charge in [0.05, 0.1) is 0 Å². The third-order valence-electron chi connectivity index (χ3n) is 6.95. The van der Waals surface area contributed by atoms with Gasteiger partial charge in [-0.3, -0.25) is 6.08 Å². The minimum atomic E-state index is 0. The fourth-order valence-corrected chi connectivity index (χ4v) is 5.84. The van der Waals surface area contributed by atoms with Gasteiger partial charge in [-0.15, -0.1) is 39.7 Å². The quantitative estimate of drug-likeness (QED) is 0.255. The van der Waals surface area contributed by atoms with Crippen LogP contribution in [0.25, 0.3) is 21.5 Å². The van der Waals surface area contributed by atoms with Crippen molar-refractivity contribution in [3.63, 3.8) is 0 Å². The molecule has 5 aromatic rings. The topological polar surface area (TPSA) is 0 Å². The van der Waals surface area contributed by atoms with Crippen LogP contribution in [0.15, 0.2) is 132 Å². The van der Waals surface area contributed by atoms with Crippen molar-refractivity contribution in [1.82, 2.24) is 0 Å². The Morgan fingerprint density at radius 3 is 1.51 bits per heavy atom. The van der Waals surface area contributed by atoms with Gasteiger partial charge in [0.15, 0.2) is 0 Å². The number of hydrogen-bond donors (Lipinski definition) is 0. The summed E-state index contributed by atoms with van der Waals surface area (Å²) in [6.45, 7) is 11.2. The van der Waals surface area contributed by atoms with E-state index in [2.05, 4.69) is 162 Å². The molecule has 0 nitrogen and oxygen atoms in total. The first-order valence-corrected chi connectivity index (χ1v) is 15.1. The van der Waals surface area contributed by atoms with E-state index in [1.165, 1.54) is 71.3 Å². The standard InChI is InChI=1S/C13H9.C13H10.C12H19.2ClH.Zr/c1-3-7-12-10(5-1)9-11-6-2-4-8-13(11)12;1-3-7-12(8-4-1)11-13-9-5-2-6-10-13;1-6-10-7-9(2)8-11(10)12(3,4)5;;;/h1-9H;1-10H;8-9H,6H2,1-5H3;2*1H;/q-1;;-1;;;+2/p-2. The predicted octanol–water partition coefficient (Wildman–Crippen LogP) is 4.27. The van der Waals surface area contributed by atoms with E-state index in [4.69, 9.17) is 0 Å². The molecule has 3 heteroatoms. The molecule has 6 rings (SSSR count). The first-order valence-electron chi connectivity index (χ1n) is 13.9. The fourth-order valence-electron chi connectivity index (χ4n) is 5.02. The Bertz CT molecular complexity index is 1490. The van der Waals surface area contributed by atoms with Crippen LogP contribution in [0.1, 0.15) is 52.2 Å². The van der Waals surface area contributed by atoms with E-state index >= 15 is 0 Å². The molecule has 1 unspecified atom stereocenters. The Morgan fingerprint density at radius 2 is 1.12 bits per heavy atom. The molecule has 0 aromatic heterocycles. The van der Waals surface area contributed by atoms with E-state index in [1.54, 1.807) is 0 Å². The van der Waals surface area contributed by atoms with Crippen molar-refractivity contribution in [3.05, 3.63) is 150 Å². The average molecular weight is 657 g/mol. The Balaban J connectivity index is 0.000000211. The molecule has 1 atom stereocenters. The van der Waals surface area contributed by atoms with Crippen molar-refractivity contribution >= 4 is 24.8 Å². The van der Waals surface area contributed by atoms with Crippen LogP contribution in [-0.2, 0) is 24.2 Å². The zero-order valence-electron chi connectivity index (χ0n) is 24.6. The molecule has 0 aliphatic heterocycles. The normalized spacial score (nSPS) is 13.9. The maximum Gasteiger partial charge on any atom is -0.0771 e. The molecule has 0 heterocycles. The Labute approximate surface area is 274 Å². The molecule has 0 bridgehead atoms. The summed E-state index contributed by atoms with van der Waals surface area (Å²) in [5.41, 5.74) is 5.88. The molecule has 0 saturated heterocycles. The monoisotopic (exact) mass is 654 g/mol. The Hall–Kier alpha value is -2.44. The first-order chi connectivity index (χ1) is 18.8. The third-order valence-corrected chi connectivity index (χ3v) is 8.37. The number of rotatable bonds is 3. The molecule has 0 fully saturated rings. The number of halogens is 2. The maximum absolute atomic E-state index is 3.48. The van der Waals surface area contributed by atoms with Crippen LogP contribution in [-0.4, -0.2) is 3.21 Å². The molecule has 1 aliphatic carbocycles. The molecule has 41 heavy (non-hydrogen) atoms. The summed E-state index contributed by atoms with van der Waals surface area (Å²) in [5, 5.41) is 5.39. The van der Waals surface area contributed by atoms with E-state index in [1.807, 2.05) is 0 Å². The Morgan fingerprint density at radius 1 is 0.707 bits per heavy atom. The fraction of sp³-hybridized carbons (Fsp3) is 0.211. The van der Waals surface area contributed by atoms with Gasteiger partial charge in [0.2, 0.25) is 0 Å². The SMILES string of the molecule is CCC1=[C-]C(C)C=C1C(C)(C)C.[Cl-].[Cl-].[Zr+2]=[C](c1ccccc1)c1ccccc1.c1ccc2c(c1)[cH-]c1ccccc12. The van der Waals surface area contributed by atoms with E-state index in [9.17, 15) is 0 Å². The van der Waals surface area contributed by atoms with E-state index in [0.29, 0.717) is 11.3 Å². The van der Waals surface area contributed by atoms with E-state index < -0.39 is 0 Å². The van der Waals surface area contributed by atoms with Crippen LogP contribution in [0.4, 0.5) is 0 Å². The van der Waals surface area contributed by atoms with Crippen molar-refractivity contribution < 1.29 is 49.0 Å². The second kappa shape index (κ2) is 16.3. The van der Waals surface area contributed by atoms with E-state index in [-0.39, 0.29) is 24.8 Å². The van der Waals surface area contributed by atoms with Crippen molar-refractivity contribution in [3.8, 4) is 0 Å². The van der Waals surface area contributed by atoms with Crippen LogP contribution >= 0.6 is 0 Å². The van der Waals surface area contributed by atoms with Crippen molar-refractivity contribution in [2.24, 2.45) is 11.3 Å². The van der Waals surface area contributed by atoms with Crippen LogP contribution in [0.2, 0.25) is 0 Å². The summed E-state index contributed by atoms with van der Waals surface area (Å²) in [6.07, 6.45) is 6.95. The van der Waals surface area contributed by atoms with Gasteiger partial charge >= 0.3 is 99.2 Å². The largest absolute Gasteiger partial charge is 0.126 e. The van der Waals surface area contributed by atoms with Gasteiger partial charge in [-0.05, 0) is 0 Å². The minimum Gasteiger partial charge on any atom is -0.126 e. The Kier molecular flexibility index (Phi) is 13.8. The summed E-state index contributed by atoms with van der Waals surface area (Å²) >= 11 is 1.46. The minimum absolute atomic E-state index is 0. The summed E-state index contributed by atoms with van der Waals surface area (Å²) in [7, 11) is 0. The number of hydrogen-bond acceptors (Lipinski definition) is 0. The molecule has 0 radical (unpaired) electrons. The molecule has 5 aromatic carbocycles. The van der Waals surface area contributed by atoms with Gasteiger partial charge in [-0.1, -0.05) is 88.8 Å². The summed E-state index contributed by atoms with van der Waals surface area (Å²) in [6, 6.07) is 40.4. The van der Waals surface area contributed by atoms with Gasteiger partial charge in [0.25, 0.3) is 0 Å². The molecular formula is C38H38Cl2Zr-2. The van der Waals surface area contributed by atoms with Crippen LogP contribution in [0.5, 0.6) is 0 Å². The van der Waals surface area contributed by atoms with Gasteiger partial charge in [-0.25, -0.2) is 5.57 Å². The second-order valence-corrected chi connectivity index (χ2v) is 12.3. The molecule has 0 N–H and O–H groups in total. The summed E-state index contributed by atoms with van der Waals surface area (Å²) in [4.78, 5) is 0. The number of allylic oxidation sites excluding steroid dienone is 4. The van der Waals surface area contributed by atoms with Crippen LogP contribution in [0, 0.1) is 17.4 Å². The van der Waals surface area contributed by atoms with E-state index in [0.717, 1.165) is 6.42 Å². The number of benzene rings is 4. The summed E-state index contributed by atoms with van der Waals surface area (Å²) < 4.78 is 1.42. The van der Waals surface area contributed by atoms with Gasteiger partial charge in [-0.2, -0.15) is 11.6 Å². The first kappa shape index (κ1) is 34.8. The van der Waals surface area contributed by atoms with Gasteiger partial charge in [0, 0.05) is 0 Å². The molecule has 0 spiro atoms. The molecule has 210 valence electrons. The third kappa shape index (κ3) is 9.28. The molecule has 1 aliphatic rings. The average Bonchev–Trinajstić information content (AvgIpc) is 3.55. The van der Waals surface area contributed by atoms with Crippen LogP contribution < -0.4 is 24.8 Å². The second-order valence-electron chi connectivity index (χ2n) is 11.0. The molecule has 0 saturated carbocycles. The zero-order valence-corrected chi connectivity index (χ0v) is 28.6.